The van der Waals surface area contributed by atoms with Gasteiger partial charge in [0.25, 0.3) is 0 Å². The lowest BCUT2D eigenvalue weighted by Gasteiger charge is -2.21. The maximum absolute atomic E-state index is 11.6. The van der Waals surface area contributed by atoms with Crippen molar-refractivity contribution in [2.24, 2.45) is 0 Å². The Morgan fingerprint density at radius 1 is 1.64 bits per heavy atom. The SMILES string of the molecule is CC(S)CC(=O)N1CCC[C@H]1C(=O)O. The largest absolute Gasteiger partial charge is 0.480 e. The highest BCUT2D eigenvalue weighted by Crippen LogP contribution is 2.19. The summed E-state index contributed by atoms with van der Waals surface area (Å²) in [4.78, 5) is 23.8. The molecule has 4 nitrogen and oxygen atoms in total. The van der Waals surface area contributed by atoms with Gasteiger partial charge in [0, 0.05) is 18.2 Å². The lowest BCUT2D eigenvalue weighted by Crippen LogP contribution is -2.41. The van der Waals surface area contributed by atoms with Crippen molar-refractivity contribution in [2.45, 2.75) is 37.5 Å². The van der Waals surface area contributed by atoms with Crippen LogP contribution in [0.15, 0.2) is 0 Å². The van der Waals surface area contributed by atoms with Crippen LogP contribution in [0.1, 0.15) is 26.2 Å². The quantitative estimate of drug-likeness (QED) is 0.686. The number of rotatable bonds is 3. The molecule has 1 heterocycles. The van der Waals surface area contributed by atoms with Crippen molar-refractivity contribution in [3.8, 4) is 0 Å². The molecule has 1 N–H and O–H groups in total. The Kier molecular flexibility index (Phi) is 3.80. The third-order valence-corrected chi connectivity index (χ3v) is 2.51. The van der Waals surface area contributed by atoms with Gasteiger partial charge in [-0.3, -0.25) is 4.79 Å². The molecule has 0 aromatic carbocycles. The van der Waals surface area contributed by atoms with Crippen molar-refractivity contribution in [3.05, 3.63) is 0 Å². The average molecular weight is 217 g/mol. The average Bonchev–Trinajstić information content (AvgIpc) is 2.49. The van der Waals surface area contributed by atoms with Crippen molar-refractivity contribution < 1.29 is 14.7 Å². The van der Waals surface area contributed by atoms with E-state index in [0.29, 0.717) is 19.4 Å². The van der Waals surface area contributed by atoms with Gasteiger partial charge in [-0.25, -0.2) is 4.79 Å². The van der Waals surface area contributed by atoms with E-state index in [-0.39, 0.29) is 11.2 Å². The summed E-state index contributed by atoms with van der Waals surface area (Å²) >= 11 is 4.12. The molecule has 0 aliphatic carbocycles. The van der Waals surface area contributed by atoms with Gasteiger partial charge in [-0.05, 0) is 12.8 Å². The molecule has 1 aliphatic rings. The molecule has 1 saturated heterocycles. The highest BCUT2D eigenvalue weighted by Gasteiger charge is 2.33. The van der Waals surface area contributed by atoms with Crippen LogP contribution in [0, 0.1) is 0 Å². The number of nitrogens with zero attached hydrogens (tertiary/aromatic N) is 1. The zero-order valence-corrected chi connectivity index (χ0v) is 9.04. The predicted molar refractivity (Wildman–Crippen MR) is 55.4 cm³/mol. The molecule has 1 amide bonds. The molecule has 0 aromatic heterocycles. The van der Waals surface area contributed by atoms with Gasteiger partial charge in [-0.1, -0.05) is 6.92 Å². The van der Waals surface area contributed by atoms with Gasteiger partial charge in [-0.2, -0.15) is 12.6 Å². The molecule has 1 unspecified atom stereocenters. The van der Waals surface area contributed by atoms with E-state index in [9.17, 15) is 9.59 Å². The zero-order valence-electron chi connectivity index (χ0n) is 8.14. The molecule has 0 saturated carbocycles. The van der Waals surface area contributed by atoms with Crippen LogP contribution in [0.25, 0.3) is 0 Å². The highest BCUT2D eigenvalue weighted by molar-refractivity contribution is 7.80. The van der Waals surface area contributed by atoms with Gasteiger partial charge >= 0.3 is 5.97 Å². The van der Waals surface area contributed by atoms with Crippen LogP contribution in [0.5, 0.6) is 0 Å². The smallest absolute Gasteiger partial charge is 0.326 e. The molecular formula is C9H15NO3S. The molecule has 5 heteroatoms. The van der Waals surface area contributed by atoms with E-state index in [1.54, 1.807) is 0 Å². The molecule has 1 fully saturated rings. The molecule has 2 atom stereocenters. The van der Waals surface area contributed by atoms with Gasteiger partial charge in [0.2, 0.25) is 5.91 Å². The number of carboxylic acid groups (broad SMARTS) is 1. The van der Waals surface area contributed by atoms with Gasteiger partial charge in [-0.15, -0.1) is 0 Å². The zero-order chi connectivity index (χ0) is 10.7. The van der Waals surface area contributed by atoms with Crippen LogP contribution in [-0.4, -0.2) is 39.7 Å². The fourth-order valence-electron chi connectivity index (χ4n) is 1.69. The summed E-state index contributed by atoms with van der Waals surface area (Å²) in [6, 6.07) is -0.616. The summed E-state index contributed by atoms with van der Waals surface area (Å²) in [5, 5.41) is 8.84. The first kappa shape index (κ1) is 11.4. The molecule has 0 radical (unpaired) electrons. The first-order chi connectivity index (χ1) is 6.52. The van der Waals surface area contributed by atoms with Gasteiger partial charge in [0.15, 0.2) is 0 Å². The van der Waals surface area contributed by atoms with E-state index in [0.717, 1.165) is 6.42 Å². The van der Waals surface area contributed by atoms with E-state index < -0.39 is 12.0 Å². The lowest BCUT2D eigenvalue weighted by atomic mass is 10.2. The topological polar surface area (TPSA) is 57.6 Å². The molecule has 0 aromatic rings. The summed E-state index contributed by atoms with van der Waals surface area (Å²) in [6.45, 7) is 2.39. The van der Waals surface area contributed by atoms with Crippen molar-refractivity contribution in [3.63, 3.8) is 0 Å². The Morgan fingerprint density at radius 3 is 2.79 bits per heavy atom. The Labute approximate surface area is 88.7 Å². The maximum atomic E-state index is 11.6. The second-order valence-electron chi connectivity index (χ2n) is 3.64. The summed E-state index contributed by atoms with van der Waals surface area (Å²) in [6.07, 6.45) is 1.67. The third-order valence-electron chi connectivity index (χ3n) is 2.33. The maximum Gasteiger partial charge on any atom is 0.326 e. The predicted octanol–water partition coefficient (Wildman–Crippen LogP) is 0.770. The van der Waals surface area contributed by atoms with Crippen LogP contribution in [0.3, 0.4) is 0 Å². The monoisotopic (exact) mass is 217 g/mol. The third kappa shape index (κ3) is 2.64. The molecule has 0 spiro atoms. The summed E-state index contributed by atoms with van der Waals surface area (Å²) in [5.74, 6) is -1.000. The van der Waals surface area contributed by atoms with E-state index in [4.69, 9.17) is 5.11 Å². The number of hydrogen-bond donors (Lipinski definition) is 2. The number of amides is 1. The van der Waals surface area contributed by atoms with Crippen molar-refractivity contribution in [2.75, 3.05) is 6.54 Å². The summed E-state index contributed by atoms with van der Waals surface area (Å²) < 4.78 is 0. The minimum atomic E-state index is -0.900. The highest BCUT2D eigenvalue weighted by atomic mass is 32.1. The standard InChI is InChI=1S/C9H15NO3S/c1-6(14)5-8(11)10-4-2-3-7(10)9(12)13/h6-7,14H,2-5H2,1H3,(H,12,13)/t6?,7-/m0/s1. The number of likely N-dealkylation sites (tertiary alicyclic amines) is 1. The van der Waals surface area contributed by atoms with Crippen LogP contribution < -0.4 is 0 Å². The van der Waals surface area contributed by atoms with Gasteiger partial charge < -0.3 is 10.0 Å². The number of carboxylic acids is 1. The van der Waals surface area contributed by atoms with Crippen LogP contribution in [-0.2, 0) is 9.59 Å². The molecule has 14 heavy (non-hydrogen) atoms. The van der Waals surface area contributed by atoms with Crippen molar-refractivity contribution in [1.82, 2.24) is 4.90 Å². The van der Waals surface area contributed by atoms with Crippen molar-refractivity contribution >= 4 is 24.5 Å². The number of hydrogen-bond acceptors (Lipinski definition) is 3. The van der Waals surface area contributed by atoms with Crippen molar-refractivity contribution in [1.29, 1.82) is 0 Å². The number of carbonyl (C=O) groups excluding carboxylic acids is 1. The fraction of sp³-hybridized carbons (Fsp3) is 0.778. The normalized spacial score (nSPS) is 23.6. The lowest BCUT2D eigenvalue weighted by molar-refractivity contribution is -0.148. The van der Waals surface area contributed by atoms with Crippen LogP contribution >= 0.6 is 12.6 Å². The van der Waals surface area contributed by atoms with E-state index in [2.05, 4.69) is 12.6 Å². The molecule has 1 rings (SSSR count). The van der Waals surface area contributed by atoms with E-state index >= 15 is 0 Å². The Hall–Kier alpha value is -0.710. The number of thiol groups is 1. The second-order valence-corrected chi connectivity index (χ2v) is 4.52. The fourth-order valence-corrected chi connectivity index (χ4v) is 1.85. The minimum absolute atomic E-state index is 0.0162. The Balaban J connectivity index is 2.58. The molecule has 80 valence electrons. The molecular weight excluding hydrogens is 202 g/mol. The Bertz CT molecular complexity index is 242. The summed E-state index contributed by atoms with van der Waals surface area (Å²) in [7, 11) is 0. The minimum Gasteiger partial charge on any atom is -0.480 e. The second kappa shape index (κ2) is 4.68. The first-order valence-electron chi connectivity index (χ1n) is 4.72. The number of aliphatic carboxylic acids is 1. The van der Waals surface area contributed by atoms with Gasteiger partial charge in [0.05, 0.1) is 0 Å². The summed E-state index contributed by atoms with van der Waals surface area (Å²) in [5.41, 5.74) is 0. The van der Waals surface area contributed by atoms with Crippen LogP contribution in [0.4, 0.5) is 0 Å². The molecule has 1 aliphatic heterocycles. The first-order valence-corrected chi connectivity index (χ1v) is 5.24. The van der Waals surface area contributed by atoms with Crippen LogP contribution in [0.2, 0.25) is 0 Å². The van der Waals surface area contributed by atoms with Gasteiger partial charge in [0.1, 0.15) is 6.04 Å². The van der Waals surface area contributed by atoms with E-state index in [1.807, 2.05) is 6.92 Å². The van der Waals surface area contributed by atoms with E-state index in [1.165, 1.54) is 4.90 Å². The number of carbonyl (C=O) groups is 2. The Morgan fingerprint density at radius 2 is 2.29 bits per heavy atom. The molecule has 0 bridgehead atoms.